The van der Waals surface area contributed by atoms with Gasteiger partial charge in [0.25, 0.3) is 5.91 Å². The Balaban J connectivity index is 1.63. The Labute approximate surface area is 151 Å². The van der Waals surface area contributed by atoms with Crippen LogP contribution in [-0.2, 0) is 19.1 Å². The predicted octanol–water partition coefficient (Wildman–Crippen LogP) is 1.90. The van der Waals surface area contributed by atoms with E-state index in [1.54, 1.807) is 17.0 Å². The average Bonchev–Trinajstić information content (AvgIpc) is 2.98. The summed E-state index contributed by atoms with van der Waals surface area (Å²) < 4.78 is 5.14. The maximum Gasteiger partial charge on any atom is 0.338 e. The van der Waals surface area contributed by atoms with E-state index in [0.29, 0.717) is 12.2 Å². The van der Waals surface area contributed by atoms with Gasteiger partial charge in [0.2, 0.25) is 11.8 Å². The Morgan fingerprint density at radius 1 is 1.15 bits per heavy atom. The smallest absolute Gasteiger partial charge is 0.338 e. The highest BCUT2D eigenvalue weighted by Crippen LogP contribution is 2.23. The molecule has 1 aromatic rings. The summed E-state index contributed by atoms with van der Waals surface area (Å²) in [6.45, 7) is 2.37. The largest absolute Gasteiger partial charge is 0.452 e. The molecule has 0 aromatic heterocycles. The van der Waals surface area contributed by atoms with E-state index in [9.17, 15) is 19.2 Å². The number of piperidine rings is 1. The first kappa shape index (κ1) is 18.1. The molecule has 3 amide bonds. The van der Waals surface area contributed by atoms with Gasteiger partial charge in [-0.25, -0.2) is 4.79 Å². The zero-order valence-corrected chi connectivity index (χ0v) is 14.8. The molecule has 0 spiro atoms. The first-order valence-corrected chi connectivity index (χ1v) is 8.90. The lowest BCUT2D eigenvalue weighted by atomic mass is 10.0. The summed E-state index contributed by atoms with van der Waals surface area (Å²) >= 11 is 0. The summed E-state index contributed by atoms with van der Waals surface area (Å²) in [6.07, 6.45) is 3.38. The Morgan fingerprint density at radius 3 is 2.58 bits per heavy atom. The van der Waals surface area contributed by atoms with Crippen LogP contribution in [0.25, 0.3) is 0 Å². The maximum atomic E-state index is 12.3. The number of nitrogens with zero attached hydrogens (tertiary/aromatic N) is 2. The molecule has 0 N–H and O–H groups in total. The molecular formula is C19H22N2O5. The van der Waals surface area contributed by atoms with Gasteiger partial charge in [-0.15, -0.1) is 0 Å². The third kappa shape index (κ3) is 3.76. The SMILES string of the molecule is C[C@@H]1CCCCN1C(=O)COC(=O)c1cccc(N2C(=O)CCC2=O)c1. The molecule has 0 bridgehead atoms. The highest BCUT2D eigenvalue weighted by atomic mass is 16.5. The van der Waals surface area contributed by atoms with Crippen molar-refractivity contribution in [2.45, 2.75) is 45.1 Å². The van der Waals surface area contributed by atoms with Crippen molar-refractivity contribution in [1.82, 2.24) is 4.90 Å². The van der Waals surface area contributed by atoms with Gasteiger partial charge in [-0.2, -0.15) is 0 Å². The number of likely N-dealkylation sites (tertiary alicyclic amines) is 1. The molecule has 26 heavy (non-hydrogen) atoms. The highest BCUT2D eigenvalue weighted by Gasteiger charge is 2.30. The fraction of sp³-hybridized carbons (Fsp3) is 0.474. The third-order valence-electron chi connectivity index (χ3n) is 4.84. The van der Waals surface area contributed by atoms with Crippen molar-refractivity contribution >= 4 is 29.4 Å². The van der Waals surface area contributed by atoms with E-state index in [0.717, 1.165) is 24.2 Å². The summed E-state index contributed by atoms with van der Waals surface area (Å²) in [4.78, 5) is 51.0. The zero-order chi connectivity index (χ0) is 18.7. The van der Waals surface area contributed by atoms with E-state index in [1.807, 2.05) is 6.92 Å². The molecule has 0 saturated carbocycles. The molecule has 0 aliphatic carbocycles. The van der Waals surface area contributed by atoms with Crippen LogP contribution >= 0.6 is 0 Å². The molecule has 2 heterocycles. The molecule has 2 saturated heterocycles. The van der Waals surface area contributed by atoms with Crippen LogP contribution in [0.1, 0.15) is 49.4 Å². The fourth-order valence-corrected chi connectivity index (χ4v) is 3.40. The first-order chi connectivity index (χ1) is 12.5. The number of hydrogen-bond acceptors (Lipinski definition) is 5. The van der Waals surface area contributed by atoms with Crippen LogP contribution in [0.5, 0.6) is 0 Å². The zero-order valence-electron chi connectivity index (χ0n) is 14.8. The van der Waals surface area contributed by atoms with Crippen LogP contribution in [-0.4, -0.2) is 47.8 Å². The van der Waals surface area contributed by atoms with E-state index in [2.05, 4.69) is 0 Å². The maximum absolute atomic E-state index is 12.3. The van der Waals surface area contributed by atoms with Gasteiger partial charge in [-0.05, 0) is 44.4 Å². The first-order valence-electron chi connectivity index (χ1n) is 8.90. The number of rotatable bonds is 4. The number of amides is 3. The second-order valence-corrected chi connectivity index (χ2v) is 6.68. The molecule has 2 aliphatic heterocycles. The van der Waals surface area contributed by atoms with Gasteiger partial charge >= 0.3 is 5.97 Å². The molecule has 1 atom stereocenters. The Kier molecular flexibility index (Phi) is 5.35. The number of carbonyl (C=O) groups excluding carboxylic acids is 4. The van der Waals surface area contributed by atoms with Crippen molar-refractivity contribution < 1.29 is 23.9 Å². The van der Waals surface area contributed by atoms with Crippen molar-refractivity contribution in [3.8, 4) is 0 Å². The summed E-state index contributed by atoms with van der Waals surface area (Å²) in [5.74, 6) is -1.42. The number of ether oxygens (including phenoxy) is 1. The summed E-state index contributed by atoms with van der Waals surface area (Å²) in [5.41, 5.74) is 0.553. The van der Waals surface area contributed by atoms with Gasteiger partial charge < -0.3 is 9.64 Å². The Hall–Kier alpha value is -2.70. The molecule has 0 unspecified atom stereocenters. The van der Waals surface area contributed by atoms with Crippen LogP contribution in [0.2, 0.25) is 0 Å². The number of benzene rings is 1. The van der Waals surface area contributed by atoms with Gasteiger partial charge in [0.05, 0.1) is 11.3 Å². The monoisotopic (exact) mass is 358 g/mol. The Morgan fingerprint density at radius 2 is 1.88 bits per heavy atom. The topological polar surface area (TPSA) is 84.0 Å². The van der Waals surface area contributed by atoms with Crippen molar-refractivity contribution in [1.29, 1.82) is 0 Å². The van der Waals surface area contributed by atoms with Crippen LogP contribution in [0, 0.1) is 0 Å². The quantitative estimate of drug-likeness (QED) is 0.606. The van der Waals surface area contributed by atoms with E-state index >= 15 is 0 Å². The normalized spacial score (nSPS) is 20.4. The molecule has 2 fully saturated rings. The Bertz CT molecular complexity index is 729. The molecule has 7 heteroatoms. The van der Waals surface area contributed by atoms with Gasteiger partial charge in [0, 0.05) is 25.4 Å². The highest BCUT2D eigenvalue weighted by molar-refractivity contribution is 6.20. The number of imide groups is 1. The third-order valence-corrected chi connectivity index (χ3v) is 4.84. The fourth-order valence-electron chi connectivity index (χ4n) is 3.40. The second kappa shape index (κ2) is 7.68. The van der Waals surface area contributed by atoms with E-state index < -0.39 is 5.97 Å². The van der Waals surface area contributed by atoms with Gasteiger partial charge in [-0.3, -0.25) is 19.3 Å². The lowest BCUT2D eigenvalue weighted by molar-refractivity contribution is -0.137. The number of carbonyl (C=O) groups is 4. The minimum atomic E-state index is -0.649. The summed E-state index contributed by atoms with van der Waals surface area (Å²) in [5, 5.41) is 0. The van der Waals surface area contributed by atoms with Crippen LogP contribution in [0.3, 0.4) is 0 Å². The minimum Gasteiger partial charge on any atom is -0.452 e. The van der Waals surface area contributed by atoms with Gasteiger partial charge in [-0.1, -0.05) is 6.07 Å². The van der Waals surface area contributed by atoms with Crippen molar-refractivity contribution in [2.75, 3.05) is 18.1 Å². The lowest BCUT2D eigenvalue weighted by Gasteiger charge is -2.33. The molecule has 0 radical (unpaired) electrons. The number of esters is 1. The molecule has 1 aromatic carbocycles. The lowest BCUT2D eigenvalue weighted by Crippen LogP contribution is -2.44. The van der Waals surface area contributed by atoms with E-state index in [-0.39, 0.29) is 48.8 Å². The van der Waals surface area contributed by atoms with Crippen LogP contribution in [0.4, 0.5) is 5.69 Å². The average molecular weight is 358 g/mol. The van der Waals surface area contributed by atoms with E-state index in [4.69, 9.17) is 4.74 Å². The molecule has 2 aliphatic rings. The molecule has 3 rings (SSSR count). The second-order valence-electron chi connectivity index (χ2n) is 6.68. The predicted molar refractivity (Wildman–Crippen MR) is 93.5 cm³/mol. The minimum absolute atomic E-state index is 0.158. The summed E-state index contributed by atoms with van der Waals surface area (Å²) in [6, 6.07) is 6.31. The number of anilines is 1. The number of hydrogen-bond donors (Lipinski definition) is 0. The van der Waals surface area contributed by atoms with E-state index in [1.165, 1.54) is 12.1 Å². The molecular weight excluding hydrogens is 336 g/mol. The standard InChI is InChI=1S/C19H22N2O5/c1-13-5-2-3-10-20(13)18(24)12-26-19(25)14-6-4-7-15(11-14)21-16(22)8-9-17(21)23/h4,6-7,11,13H,2-3,5,8-10,12H2,1H3/t13-/m1/s1. The van der Waals surface area contributed by atoms with Gasteiger partial charge in [0.15, 0.2) is 6.61 Å². The van der Waals surface area contributed by atoms with Gasteiger partial charge in [0.1, 0.15) is 0 Å². The molecule has 138 valence electrons. The van der Waals surface area contributed by atoms with Crippen molar-refractivity contribution in [2.24, 2.45) is 0 Å². The van der Waals surface area contributed by atoms with Crippen LogP contribution < -0.4 is 4.90 Å². The van der Waals surface area contributed by atoms with Crippen molar-refractivity contribution in [3.63, 3.8) is 0 Å². The summed E-state index contributed by atoms with van der Waals surface area (Å²) in [7, 11) is 0. The van der Waals surface area contributed by atoms with Crippen molar-refractivity contribution in [3.05, 3.63) is 29.8 Å². The molecule has 7 nitrogen and oxygen atoms in total. The van der Waals surface area contributed by atoms with Crippen LogP contribution in [0.15, 0.2) is 24.3 Å².